The van der Waals surface area contributed by atoms with Crippen molar-refractivity contribution in [3.05, 3.63) is 53.2 Å². The Hall–Kier alpha value is -1.92. The van der Waals surface area contributed by atoms with Crippen molar-refractivity contribution >= 4 is 10.1 Å². The van der Waals surface area contributed by atoms with Gasteiger partial charge in [0.2, 0.25) is 5.88 Å². The van der Waals surface area contributed by atoms with Crippen molar-refractivity contribution in [1.82, 2.24) is 4.98 Å². The summed E-state index contributed by atoms with van der Waals surface area (Å²) in [6, 6.07) is 10.4. The minimum absolute atomic E-state index is 0.172. The summed E-state index contributed by atoms with van der Waals surface area (Å²) in [5.74, 6) is 0.520. The molecule has 128 valence electrons. The van der Waals surface area contributed by atoms with E-state index in [1.165, 1.54) is 0 Å². The number of rotatable bonds is 4. The fourth-order valence-corrected chi connectivity index (χ4v) is 4.20. The summed E-state index contributed by atoms with van der Waals surface area (Å²) < 4.78 is 35.9. The molecular formula is C18H21NO4S. The quantitative estimate of drug-likeness (QED) is 0.796. The maximum atomic E-state index is 12.6. The van der Waals surface area contributed by atoms with E-state index in [9.17, 15) is 8.42 Å². The first-order chi connectivity index (χ1) is 11.2. The highest BCUT2D eigenvalue weighted by molar-refractivity contribution is 7.86. The molecule has 1 unspecified atom stereocenters. The number of aryl methyl sites for hydroxylation is 1. The number of hydrogen-bond donors (Lipinski definition) is 0. The zero-order chi connectivity index (χ0) is 17.5. The minimum Gasteiger partial charge on any atom is -0.481 e. The molecule has 1 aromatic heterocycles. The van der Waals surface area contributed by atoms with Gasteiger partial charge in [0, 0.05) is 17.9 Å². The van der Waals surface area contributed by atoms with Crippen LogP contribution in [0.2, 0.25) is 0 Å². The van der Waals surface area contributed by atoms with Gasteiger partial charge in [-0.2, -0.15) is 8.42 Å². The minimum atomic E-state index is -3.82. The summed E-state index contributed by atoms with van der Waals surface area (Å²) in [6.07, 6.45) is -0.0663. The number of ether oxygens (including phenoxy) is 1. The summed E-state index contributed by atoms with van der Waals surface area (Å²) >= 11 is 0. The summed E-state index contributed by atoms with van der Waals surface area (Å²) in [5.41, 5.74) is 2.36. The van der Waals surface area contributed by atoms with E-state index in [-0.39, 0.29) is 4.90 Å². The average Bonchev–Trinajstić information content (AvgIpc) is 2.77. The first-order valence-electron chi connectivity index (χ1n) is 7.78. The van der Waals surface area contributed by atoms with Gasteiger partial charge in [-0.15, -0.1) is 0 Å². The molecule has 0 bridgehead atoms. The second-order valence-electron chi connectivity index (χ2n) is 6.63. The van der Waals surface area contributed by atoms with Crippen LogP contribution in [-0.2, 0) is 26.1 Å². The topological polar surface area (TPSA) is 65.5 Å². The molecule has 0 fully saturated rings. The van der Waals surface area contributed by atoms with Gasteiger partial charge in [0.25, 0.3) is 10.1 Å². The van der Waals surface area contributed by atoms with Crippen LogP contribution in [0.4, 0.5) is 0 Å². The summed E-state index contributed by atoms with van der Waals surface area (Å²) in [4.78, 5) is 4.61. The Labute approximate surface area is 142 Å². The van der Waals surface area contributed by atoms with E-state index in [0.717, 1.165) is 16.8 Å². The second kappa shape index (κ2) is 5.86. The molecule has 0 radical (unpaired) electrons. The zero-order valence-corrected chi connectivity index (χ0v) is 15.1. The van der Waals surface area contributed by atoms with Crippen LogP contribution in [0.15, 0.2) is 41.3 Å². The lowest BCUT2D eigenvalue weighted by Crippen LogP contribution is -2.34. The molecule has 1 atom stereocenters. The molecule has 6 heteroatoms. The predicted molar refractivity (Wildman–Crippen MR) is 90.8 cm³/mol. The SMILES string of the molecule is COc1ccc2c(n1)CC(OS(=O)(=O)c1ccc(C)cc1)C2(C)C. The van der Waals surface area contributed by atoms with Gasteiger partial charge in [-0.05, 0) is 24.6 Å². The molecule has 1 aromatic carbocycles. The molecule has 5 nitrogen and oxygen atoms in total. The lowest BCUT2D eigenvalue weighted by Gasteiger charge is -2.27. The van der Waals surface area contributed by atoms with Crippen molar-refractivity contribution in [3.63, 3.8) is 0 Å². The molecule has 24 heavy (non-hydrogen) atoms. The third-order valence-corrected chi connectivity index (χ3v) is 5.92. The third kappa shape index (κ3) is 2.91. The number of pyridine rings is 1. The molecule has 1 heterocycles. The summed E-state index contributed by atoms with van der Waals surface area (Å²) in [5, 5.41) is 0. The third-order valence-electron chi connectivity index (χ3n) is 4.59. The Morgan fingerprint density at radius 2 is 1.79 bits per heavy atom. The van der Waals surface area contributed by atoms with Crippen molar-refractivity contribution < 1.29 is 17.3 Å². The Bertz CT molecular complexity index is 857. The predicted octanol–water partition coefficient (Wildman–Crippen LogP) is 3.01. The summed E-state index contributed by atoms with van der Waals surface area (Å²) in [6.45, 7) is 5.86. The van der Waals surface area contributed by atoms with Crippen LogP contribution in [0, 0.1) is 6.92 Å². The van der Waals surface area contributed by atoms with Crippen molar-refractivity contribution in [2.45, 2.75) is 43.6 Å². The normalized spacial score (nSPS) is 19.1. The maximum absolute atomic E-state index is 12.6. The van der Waals surface area contributed by atoms with Crippen LogP contribution >= 0.6 is 0 Å². The van der Waals surface area contributed by atoms with E-state index in [1.54, 1.807) is 37.4 Å². The lowest BCUT2D eigenvalue weighted by atomic mass is 9.85. The smallest absolute Gasteiger partial charge is 0.297 e. The number of hydrogen-bond acceptors (Lipinski definition) is 5. The Morgan fingerprint density at radius 3 is 2.42 bits per heavy atom. The molecule has 2 aromatic rings. The number of benzene rings is 1. The maximum Gasteiger partial charge on any atom is 0.297 e. The first-order valence-corrected chi connectivity index (χ1v) is 9.19. The molecule has 3 rings (SSSR count). The van der Waals surface area contributed by atoms with E-state index >= 15 is 0 Å². The van der Waals surface area contributed by atoms with Gasteiger partial charge >= 0.3 is 0 Å². The molecule has 0 N–H and O–H groups in total. The van der Waals surface area contributed by atoms with E-state index in [1.807, 2.05) is 26.8 Å². The van der Waals surface area contributed by atoms with Crippen LogP contribution in [-0.4, -0.2) is 26.6 Å². The van der Waals surface area contributed by atoms with Gasteiger partial charge in [-0.25, -0.2) is 4.98 Å². The Balaban J connectivity index is 1.89. The van der Waals surface area contributed by atoms with Crippen molar-refractivity contribution in [1.29, 1.82) is 0 Å². The largest absolute Gasteiger partial charge is 0.481 e. The molecular weight excluding hydrogens is 326 g/mol. The van der Waals surface area contributed by atoms with Crippen LogP contribution in [0.3, 0.4) is 0 Å². The van der Waals surface area contributed by atoms with Gasteiger partial charge in [-0.3, -0.25) is 4.18 Å². The second-order valence-corrected chi connectivity index (χ2v) is 8.20. The molecule has 0 saturated heterocycles. The van der Waals surface area contributed by atoms with E-state index in [0.29, 0.717) is 12.3 Å². The van der Waals surface area contributed by atoms with E-state index in [2.05, 4.69) is 4.98 Å². The standard InChI is InChI=1S/C18H21NO4S/c1-12-5-7-13(8-6-12)24(20,21)23-16-11-15-14(18(16,2)3)9-10-17(19-15)22-4/h5-10,16H,11H2,1-4H3. The zero-order valence-electron chi connectivity index (χ0n) is 14.2. The Kier molecular flexibility index (Phi) is 4.13. The van der Waals surface area contributed by atoms with Crippen LogP contribution in [0.1, 0.15) is 30.7 Å². The van der Waals surface area contributed by atoms with Gasteiger partial charge in [-0.1, -0.05) is 37.6 Å². The Morgan fingerprint density at radius 1 is 1.12 bits per heavy atom. The van der Waals surface area contributed by atoms with E-state index < -0.39 is 21.6 Å². The van der Waals surface area contributed by atoms with Crippen molar-refractivity contribution in [3.8, 4) is 5.88 Å². The van der Waals surface area contributed by atoms with Crippen LogP contribution < -0.4 is 4.74 Å². The molecule has 0 aliphatic heterocycles. The molecule has 0 saturated carbocycles. The molecule has 1 aliphatic carbocycles. The summed E-state index contributed by atoms with van der Waals surface area (Å²) in [7, 11) is -2.26. The number of aromatic nitrogens is 1. The molecule has 0 spiro atoms. The van der Waals surface area contributed by atoms with Crippen LogP contribution in [0.5, 0.6) is 5.88 Å². The van der Waals surface area contributed by atoms with Crippen molar-refractivity contribution in [2.75, 3.05) is 7.11 Å². The fraction of sp³-hybridized carbons (Fsp3) is 0.389. The van der Waals surface area contributed by atoms with Crippen LogP contribution in [0.25, 0.3) is 0 Å². The van der Waals surface area contributed by atoms with Gasteiger partial charge in [0.15, 0.2) is 0 Å². The number of fused-ring (bicyclic) bond motifs is 1. The van der Waals surface area contributed by atoms with Gasteiger partial charge < -0.3 is 4.74 Å². The van der Waals surface area contributed by atoms with E-state index in [4.69, 9.17) is 8.92 Å². The molecule has 1 aliphatic rings. The van der Waals surface area contributed by atoms with Gasteiger partial charge in [0.05, 0.1) is 23.8 Å². The highest BCUT2D eigenvalue weighted by atomic mass is 32.2. The average molecular weight is 347 g/mol. The van der Waals surface area contributed by atoms with Crippen molar-refractivity contribution in [2.24, 2.45) is 0 Å². The highest BCUT2D eigenvalue weighted by Crippen LogP contribution is 2.41. The lowest BCUT2D eigenvalue weighted by molar-refractivity contribution is 0.148. The first kappa shape index (κ1) is 16.9. The monoisotopic (exact) mass is 347 g/mol. The number of nitrogens with zero attached hydrogens (tertiary/aromatic N) is 1. The van der Waals surface area contributed by atoms with Gasteiger partial charge in [0.1, 0.15) is 0 Å². The highest BCUT2D eigenvalue weighted by Gasteiger charge is 2.44. The number of methoxy groups -OCH3 is 1. The fourth-order valence-electron chi connectivity index (χ4n) is 3.01. The molecule has 0 amide bonds.